The Morgan fingerprint density at radius 3 is 2.68 bits per heavy atom. The highest BCUT2D eigenvalue weighted by Crippen LogP contribution is 2.45. The van der Waals surface area contributed by atoms with E-state index in [1.54, 1.807) is 6.92 Å². The fourth-order valence-electron chi connectivity index (χ4n) is 4.28. The van der Waals surface area contributed by atoms with Gasteiger partial charge in [0.1, 0.15) is 11.1 Å². The molecule has 1 aliphatic carbocycles. The predicted molar refractivity (Wildman–Crippen MR) is 129 cm³/mol. The van der Waals surface area contributed by atoms with Crippen molar-refractivity contribution in [2.75, 3.05) is 11.9 Å². The third-order valence-electron chi connectivity index (χ3n) is 6.84. The molecule has 34 heavy (non-hydrogen) atoms. The highest BCUT2D eigenvalue weighted by atomic mass is 32.1. The molecular weight excluding hydrogens is 456 g/mol. The van der Waals surface area contributed by atoms with E-state index in [-0.39, 0.29) is 23.8 Å². The van der Waals surface area contributed by atoms with Crippen LogP contribution in [-0.4, -0.2) is 28.5 Å². The number of hydrogen-bond donors (Lipinski definition) is 3. The lowest BCUT2D eigenvalue weighted by atomic mass is 9.69. The normalized spacial score (nSPS) is 15.3. The summed E-state index contributed by atoms with van der Waals surface area (Å²) in [6.45, 7) is 7.82. The number of carbonyl (C=O) groups excluding carboxylic acids is 2. The number of hydrogen-bond acceptors (Lipinski definition) is 7. The van der Waals surface area contributed by atoms with Crippen LogP contribution in [-0.2, 0) is 33.6 Å². The van der Waals surface area contributed by atoms with E-state index in [9.17, 15) is 24.4 Å². The number of fused-ring (bicyclic) bond motifs is 1. The summed E-state index contributed by atoms with van der Waals surface area (Å²) in [5, 5.41) is 12.9. The molecule has 1 aliphatic rings. The number of ether oxygens (including phenoxy) is 1. The molecule has 10 heteroatoms. The molecule has 1 atom stereocenters. The lowest BCUT2D eigenvalue weighted by molar-refractivity contribution is -0.147. The molecule has 2 heterocycles. The first-order valence-corrected chi connectivity index (χ1v) is 12.2. The fraction of sp³-hybridized carbons (Fsp3) is 0.542. The van der Waals surface area contributed by atoms with Gasteiger partial charge >= 0.3 is 11.7 Å². The third kappa shape index (κ3) is 5.65. The Morgan fingerprint density at radius 2 is 2.03 bits per heavy atom. The molecule has 2 aromatic rings. The number of aryl methyl sites for hydroxylation is 1. The first kappa shape index (κ1) is 25.4. The number of aromatic amines is 2. The lowest BCUT2D eigenvalue weighted by Crippen LogP contribution is -2.28. The molecule has 2 aromatic heterocycles. The van der Waals surface area contributed by atoms with Gasteiger partial charge < -0.3 is 15.0 Å². The topological polar surface area (TPSA) is 145 Å². The van der Waals surface area contributed by atoms with Crippen LogP contribution in [0.3, 0.4) is 0 Å². The summed E-state index contributed by atoms with van der Waals surface area (Å²) < 4.78 is 5.04. The van der Waals surface area contributed by atoms with Gasteiger partial charge in [-0.25, -0.2) is 4.79 Å². The number of nitrogens with zero attached hydrogens (tertiary/aromatic N) is 1. The van der Waals surface area contributed by atoms with Crippen LogP contribution in [0.5, 0.6) is 0 Å². The van der Waals surface area contributed by atoms with Crippen molar-refractivity contribution in [3.8, 4) is 6.07 Å². The minimum atomic E-state index is -0.643. The number of esters is 1. The molecular formula is C24H30N4O5S. The van der Waals surface area contributed by atoms with Gasteiger partial charge in [0, 0.05) is 22.6 Å². The van der Waals surface area contributed by atoms with Gasteiger partial charge in [-0.3, -0.25) is 19.4 Å². The van der Waals surface area contributed by atoms with Crippen molar-refractivity contribution >= 4 is 28.2 Å². The Balaban J connectivity index is 1.57. The third-order valence-corrected chi connectivity index (χ3v) is 8.01. The molecule has 3 rings (SSSR count). The number of amides is 1. The summed E-state index contributed by atoms with van der Waals surface area (Å²) in [4.78, 5) is 53.3. The molecule has 0 aliphatic heterocycles. The molecule has 0 aromatic carbocycles. The van der Waals surface area contributed by atoms with E-state index in [2.05, 4.69) is 42.1 Å². The summed E-state index contributed by atoms with van der Waals surface area (Å²) in [7, 11) is 0. The van der Waals surface area contributed by atoms with Gasteiger partial charge in [0.05, 0.1) is 5.56 Å². The second-order valence-electron chi connectivity index (χ2n) is 9.32. The largest absolute Gasteiger partial charge is 0.456 e. The van der Waals surface area contributed by atoms with E-state index < -0.39 is 29.7 Å². The van der Waals surface area contributed by atoms with Crippen molar-refractivity contribution in [3.63, 3.8) is 0 Å². The van der Waals surface area contributed by atoms with Crippen LogP contribution < -0.4 is 16.6 Å². The molecule has 1 amide bonds. The molecule has 0 radical (unpaired) electrons. The van der Waals surface area contributed by atoms with Crippen molar-refractivity contribution in [2.24, 2.45) is 11.3 Å². The second-order valence-corrected chi connectivity index (χ2v) is 10.4. The molecule has 0 spiro atoms. The van der Waals surface area contributed by atoms with Crippen LogP contribution in [0, 0.1) is 29.6 Å². The standard InChI is InChI=1S/C24H30N4O5S/c1-5-24(3,4)14-6-7-16-17(11-25)22(34-18(16)10-14)27-19(29)12-33-20(30)9-8-15-13(2)26-23(32)28-21(15)31/h14H,5-10,12H2,1-4H3,(H,27,29)(H2,26,28,31,32). The number of rotatable bonds is 8. The van der Waals surface area contributed by atoms with Crippen LogP contribution in [0.15, 0.2) is 9.59 Å². The highest BCUT2D eigenvalue weighted by molar-refractivity contribution is 7.16. The molecule has 3 N–H and O–H groups in total. The van der Waals surface area contributed by atoms with E-state index in [0.29, 0.717) is 22.2 Å². The van der Waals surface area contributed by atoms with Gasteiger partial charge in [0.15, 0.2) is 6.61 Å². The maximum absolute atomic E-state index is 12.4. The summed E-state index contributed by atoms with van der Waals surface area (Å²) >= 11 is 1.43. The quantitative estimate of drug-likeness (QED) is 0.489. The van der Waals surface area contributed by atoms with Crippen LogP contribution in [0.25, 0.3) is 0 Å². The Morgan fingerprint density at radius 1 is 1.29 bits per heavy atom. The number of anilines is 1. The fourth-order valence-corrected chi connectivity index (χ4v) is 5.58. The van der Waals surface area contributed by atoms with Crippen LogP contribution >= 0.6 is 11.3 Å². The minimum absolute atomic E-state index is 0.0733. The van der Waals surface area contributed by atoms with Gasteiger partial charge in [-0.2, -0.15) is 5.26 Å². The molecule has 9 nitrogen and oxygen atoms in total. The number of thiophene rings is 1. The van der Waals surface area contributed by atoms with Crippen LogP contribution in [0.4, 0.5) is 5.00 Å². The second kappa shape index (κ2) is 10.4. The Hall–Kier alpha value is -3.19. The maximum Gasteiger partial charge on any atom is 0.325 e. The Bertz CT molecular complexity index is 1250. The molecule has 0 saturated heterocycles. The predicted octanol–water partition coefficient (Wildman–Crippen LogP) is 2.96. The molecule has 0 saturated carbocycles. The van der Waals surface area contributed by atoms with E-state index in [1.807, 2.05) is 0 Å². The van der Waals surface area contributed by atoms with Gasteiger partial charge in [0.25, 0.3) is 11.5 Å². The average Bonchev–Trinajstić information content (AvgIpc) is 3.12. The average molecular weight is 487 g/mol. The smallest absolute Gasteiger partial charge is 0.325 e. The molecule has 0 bridgehead atoms. The SMILES string of the molecule is CCC(C)(C)C1CCc2c(sc(NC(=O)COC(=O)CCc3c(C)[nH]c(=O)[nH]c3=O)c2C#N)C1. The Labute approximate surface area is 201 Å². The number of nitriles is 1. The number of H-pyrrole nitrogens is 2. The zero-order chi connectivity index (χ0) is 25.0. The number of nitrogens with one attached hydrogen (secondary N) is 3. The Kier molecular flexibility index (Phi) is 7.77. The monoisotopic (exact) mass is 486 g/mol. The lowest BCUT2D eigenvalue weighted by Gasteiger charge is -2.36. The van der Waals surface area contributed by atoms with Crippen molar-refractivity contribution in [3.05, 3.63) is 48.1 Å². The van der Waals surface area contributed by atoms with Gasteiger partial charge in [-0.05, 0) is 49.5 Å². The number of aromatic nitrogens is 2. The molecule has 1 unspecified atom stereocenters. The summed E-state index contributed by atoms with van der Waals surface area (Å²) in [5.41, 5.74) is 1.24. The summed E-state index contributed by atoms with van der Waals surface area (Å²) in [6.07, 6.45) is 3.76. The zero-order valence-corrected chi connectivity index (χ0v) is 20.7. The van der Waals surface area contributed by atoms with Gasteiger partial charge in [-0.15, -0.1) is 11.3 Å². The summed E-state index contributed by atoms with van der Waals surface area (Å²) in [5.74, 6) is -0.638. The van der Waals surface area contributed by atoms with Gasteiger partial charge in [-0.1, -0.05) is 27.2 Å². The number of carbonyl (C=O) groups is 2. The maximum atomic E-state index is 12.4. The van der Waals surface area contributed by atoms with E-state index in [1.165, 1.54) is 11.3 Å². The van der Waals surface area contributed by atoms with Gasteiger partial charge in [0.2, 0.25) is 0 Å². The first-order valence-electron chi connectivity index (χ1n) is 11.4. The van der Waals surface area contributed by atoms with Crippen LogP contribution in [0.1, 0.15) is 67.3 Å². The van der Waals surface area contributed by atoms with Crippen molar-refractivity contribution in [2.45, 2.75) is 66.2 Å². The molecule has 0 fully saturated rings. The highest BCUT2D eigenvalue weighted by Gasteiger charge is 2.34. The van der Waals surface area contributed by atoms with Crippen molar-refractivity contribution in [1.82, 2.24) is 9.97 Å². The molecule has 182 valence electrons. The van der Waals surface area contributed by atoms with Crippen molar-refractivity contribution in [1.29, 1.82) is 5.26 Å². The van der Waals surface area contributed by atoms with Crippen LogP contribution in [0.2, 0.25) is 0 Å². The van der Waals surface area contributed by atoms with E-state index in [4.69, 9.17) is 4.74 Å². The van der Waals surface area contributed by atoms with E-state index >= 15 is 0 Å². The first-order chi connectivity index (χ1) is 16.1. The minimum Gasteiger partial charge on any atom is -0.456 e. The summed E-state index contributed by atoms with van der Waals surface area (Å²) in [6, 6.07) is 2.22. The van der Waals surface area contributed by atoms with Crippen molar-refractivity contribution < 1.29 is 14.3 Å². The zero-order valence-electron chi connectivity index (χ0n) is 19.9. The van der Waals surface area contributed by atoms with E-state index in [0.717, 1.165) is 36.1 Å².